The van der Waals surface area contributed by atoms with E-state index in [0.29, 0.717) is 25.3 Å². The third-order valence-electron chi connectivity index (χ3n) is 1.36. The molecular weight excluding hydrogens is 181 g/mol. The molecule has 68 valence electrons. The highest BCUT2D eigenvalue weighted by molar-refractivity contribution is 7.98. The van der Waals surface area contributed by atoms with Crippen LogP contribution in [0.2, 0.25) is 0 Å². The van der Waals surface area contributed by atoms with Crippen LogP contribution < -0.4 is 5.73 Å². The molecule has 5 heteroatoms. The van der Waals surface area contributed by atoms with E-state index in [1.54, 1.807) is 11.8 Å². The molecule has 0 heterocycles. The van der Waals surface area contributed by atoms with Crippen molar-refractivity contribution in [3.8, 4) is 0 Å². The number of thioether (sulfide) groups is 1. The van der Waals surface area contributed by atoms with Gasteiger partial charge in [-0.05, 0) is 19.2 Å². The van der Waals surface area contributed by atoms with E-state index in [1.165, 1.54) is 0 Å². The molecule has 0 bridgehead atoms. The molecule has 1 unspecified atom stereocenters. The van der Waals surface area contributed by atoms with Crippen LogP contribution in [0.1, 0.15) is 6.42 Å². The quantitative estimate of drug-likeness (QED) is 0.623. The maximum atomic E-state index is 11.2. The first-order valence-corrected chi connectivity index (χ1v) is 7.04. The molecule has 0 aliphatic carbocycles. The molecule has 3 nitrogen and oxygen atoms in total. The van der Waals surface area contributed by atoms with Gasteiger partial charge >= 0.3 is 0 Å². The molecule has 0 aliphatic heterocycles. The largest absolute Gasteiger partial charge is 0.344 e. The summed E-state index contributed by atoms with van der Waals surface area (Å²) in [4.78, 5) is 9.26. The Morgan fingerprint density at radius 1 is 1.55 bits per heavy atom. The summed E-state index contributed by atoms with van der Waals surface area (Å²) in [6.07, 6.45) is 3.39. The zero-order valence-electron chi connectivity index (χ0n) is 6.82. The second-order valence-corrected chi connectivity index (χ2v) is 6.00. The van der Waals surface area contributed by atoms with Crippen LogP contribution in [0.5, 0.6) is 0 Å². The van der Waals surface area contributed by atoms with Gasteiger partial charge in [0.05, 0.1) is 0 Å². The number of rotatable bonds is 6. The normalized spacial score (nSPS) is 16.3. The summed E-state index contributed by atoms with van der Waals surface area (Å²) in [6, 6.07) is 0. The zero-order valence-corrected chi connectivity index (χ0v) is 8.53. The van der Waals surface area contributed by atoms with Crippen molar-refractivity contribution in [2.24, 2.45) is 5.73 Å². The Morgan fingerprint density at radius 3 is 2.64 bits per heavy atom. The molecule has 3 N–H and O–H groups in total. The van der Waals surface area contributed by atoms with Crippen LogP contribution in [0.3, 0.4) is 0 Å². The minimum Gasteiger partial charge on any atom is -0.344 e. The minimum atomic E-state index is -2.83. The van der Waals surface area contributed by atoms with Crippen molar-refractivity contribution in [3.63, 3.8) is 0 Å². The van der Waals surface area contributed by atoms with E-state index in [0.717, 1.165) is 5.75 Å². The van der Waals surface area contributed by atoms with E-state index in [1.807, 2.05) is 6.26 Å². The Hall–Kier alpha value is 0.500. The summed E-state index contributed by atoms with van der Waals surface area (Å²) in [6.45, 7) is 0.504. The topological polar surface area (TPSA) is 63.3 Å². The van der Waals surface area contributed by atoms with Crippen molar-refractivity contribution in [3.05, 3.63) is 0 Å². The van der Waals surface area contributed by atoms with Gasteiger partial charge in [0.15, 0.2) is 0 Å². The Morgan fingerprint density at radius 2 is 2.18 bits per heavy atom. The molecule has 0 saturated heterocycles. The van der Waals surface area contributed by atoms with Gasteiger partial charge in [-0.3, -0.25) is 4.57 Å². The van der Waals surface area contributed by atoms with Crippen LogP contribution in [0.15, 0.2) is 0 Å². The molecule has 0 spiro atoms. The highest BCUT2D eigenvalue weighted by atomic mass is 32.2. The summed E-state index contributed by atoms with van der Waals surface area (Å²) in [5.41, 5.74) is 5.23. The number of hydrogen-bond acceptors (Lipinski definition) is 3. The summed E-state index contributed by atoms with van der Waals surface area (Å²) >= 11 is 1.60. The first-order chi connectivity index (χ1) is 5.12. The lowest BCUT2D eigenvalue weighted by Gasteiger charge is -2.08. The predicted molar refractivity (Wildman–Crippen MR) is 51.6 cm³/mol. The lowest BCUT2D eigenvalue weighted by atomic mass is 10.5. The fraction of sp³-hybridized carbons (Fsp3) is 1.00. The van der Waals surface area contributed by atoms with Crippen molar-refractivity contribution in [2.75, 3.05) is 30.9 Å². The third-order valence-corrected chi connectivity index (χ3v) is 4.21. The van der Waals surface area contributed by atoms with Crippen molar-refractivity contribution in [1.82, 2.24) is 0 Å². The molecule has 0 aromatic carbocycles. The van der Waals surface area contributed by atoms with Crippen LogP contribution >= 0.6 is 19.1 Å². The van der Waals surface area contributed by atoms with Gasteiger partial charge in [-0.25, -0.2) is 0 Å². The second kappa shape index (κ2) is 6.06. The first-order valence-electron chi connectivity index (χ1n) is 3.62. The molecule has 0 aliphatic rings. The Kier molecular flexibility index (Phi) is 6.34. The monoisotopic (exact) mass is 197 g/mol. The Labute approximate surface area is 72.2 Å². The first kappa shape index (κ1) is 11.5. The van der Waals surface area contributed by atoms with E-state index in [4.69, 9.17) is 5.73 Å². The maximum absolute atomic E-state index is 11.2. The van der Waals surface area contributed by atoms with E-state index in [2.05, 4.69) is 0 Å². The average Bonchev–Trinajstić information content (AvgIpc) is 1.97. The van der Waals surface area contributed by atoms with Gasteiger partial charge in [0.1, 0.15) is 0 Å². The van der Waals surface area contributed by atoms with Gasteiger partial charge in [0, 0.05) is 18.1 Å². The molecule has 0 rings (SSSR count). The molecule has 0 aromatic heterocycles. The van der Waals surface area contributed by atoms with Crippen LogP contribution in [0.25, 0.3) is 0 Å². The molecule has 0 aromatic rings. The van der Waals surface area contributed by atoms with Crippen molar-refractivity contribution < 1.29 is 9.46 Å². The Bertz CT molecular complexity index is 131. The molecule has 0 radical (unpaired) electrons. The molecule has 0 amide bonds. The predicted octanol–water partition coefficient (Wildman–Crippen LogP) is 0.969. The number of hydrogen-bond donors (Lipinski definition) is 2. The average molecular weight is 197 g/mol. The molecular formula is C6H16NO2PS. The van der Waals surface area contributed by atoms with Gasteiger partial charge in [-0.2, -0.15) is 11.8 Å². The molecule has 0 fully saturated rings. The smallest absolute Gasteiger partial charge is 0.201 e. The summed E-state index contributed by atoms with van der Waals surface area (Å²) < 4.78 is 11.2. The fourth-order valence-corrected chi connectivity index (χ4v) is 3.46. The molecule has 0 saturated carbocycles. The van der Waals surface area contributed by atoms with Gasteiger partial charge in [-0.15, -0.1) is 0 Å². The summed E-state index contributed by atoms with van der Waals surface area (Å²) in [7, 11) is -2.83. The van der Waals surface area contributed by atoms with Gasteiger partial charge in [0.25, 0.3) is 0 Å². The van der Waals surface area contributed by atoms with E-state index in [-0.39, 0.29) is 0 Å². The van der Waals surface area contributed by atoms with Gasteiger partial charge in [0.2, 0.25) is 7.37 Å². The van der Waals surface area contributed by atoms with Crippen molar-refractivity contribution >= 4 is 19.1 Å². The van der Waals surface area contributed by atoms with E-state index >= 15 is 0 Å². The van der Waals surface area contributed by atoms with Gasteiger partial charge in [-0.1, -0.05) is 0 Å². The third kappa shape index (κ3) is 6.88. The van der Waals surface area contributed by atoms with Crippen LogP contribution in [0, 0.1) is 0 Å². The summed E-state index contributed by atoms with van der Waals surface area (Å²) in [5, 5.41) is 0. The van der Waals surface area contributed by atoms with Crippen LogP contribution in [-0.2, 0) is 4.57 Å². The van der Waals surface area contributed by atoms with Crippen molar-refractivity contribution in [1.29, 1.82) is 0 Å². The molecule has 1 atom stereocenters. The standard InChI is InChI=1S/C6H16NO2PS/c1-11-6-5-10(8,9)4-2-3-7/h2-7H2,1H3,(H,8,9). The molecule has 11 heavy (non-hydrogen) atoms. The zero-order chi connectivity index (χ0) is 8.74. The highest BCUT2D eigenvalue weighted by Gasteiger charge is 2.15. The van der Waals surface area contributed by atoms with Crippen LogP contribution in [-0.4, -0.2) is 35.8 Å². The van der Waals surface area contributed by atoms with E-state index in [9.17, 15) is 9.46 Å². The highest BCUT2D eigenvalue weighted by Crippen LogP contribution is 2.40. The minimum absolute atomic E-state index is 0.379. The SMILES string of the molecule is CSCCP(=O)(O)CCCN. The summed E-state index contributed by atoms with van der Waals surface area (Å²) in [5.74, 6) is 0.762. The number of nitrogens with two attached hydrogens (primary N) is 1. The van der Waals surface area contributed by atoms with Crippen molar-refractivity contribution in [2.45, 2.75) is 6.42 Å². The van der Waals surface area contributed by atoms with Crippen LogP contribution in [0.4, 0.5) is 0 Å². The Balaban J connectivity index is 3.53. The van der Waals surface area contributed by atoms with Gasteiger partial charge < -0.3 is 10.6 Å². The fourth-order valence-electron chi connectivity index (χ4n) is 0.684. The lowest BCUT2D eigenvalue weighted by molar-refractivity contribution is 0.478. The maximum Gasteiger partial charge on any atom is 0.201 e. The second-order valence-electron chi connectivity index (χ2n) is 2.43. The van der Waals surface area contributed by atoms with E-state index < -0.39 is 7.37 Å². The lowest BCUT2D eigenvalue weighted by Crippen LogP contribution is -2.04.